The summed E-state index contributed by atoms with van der Waals surface area (Å²) in [6.45, 7) is 1.91. The predicted molar refractivity (Wildman–Crippen MR) is 90.7 cm³/mol. The number of anilines is 1. The molecule has 1 aromatic carbocycles. The summed E-state index contributed by atoms with van der Waals surface area (Å²) in [5, 5.41) is 4.52. The number of ether oxygens (including phenoxy) is 2. The highest BCUT2D eigenvalue weighted by atomic mass is 32.1. The van der Waals surface area contributed by atoms with E-state index >= 15 is 0 Å². The Balaban J connectivity index is 1.51. The van der Waals surface area contributed by atoms with E-state index in [-0.39, 0.29) is 24.8 Å². The van der Waals surface area contributed by atoms with Gasteiger partial charge in [-0.25, -0.2) is 9.78 Å². The topological polar surface area (TPSA) is 77.5 Å². The first-order chi connectivity index (χ1) is 11.7. The van der Waals surface area contributed by atoms with Crippen LogP contribution >= 0.6 is 11.3 Å². The molecule has 7 heteroatoms. The molecule has 0 aliphatic heterocycles. The number of nitrogens with zero attached hydrogens (tertiary/aromatic N) is 1. The minimum Gasteiger partial charge on any atom is -0.484 e. The van der Waals surface area contributed by atoms with Gasteiger partial charge in [0.05, 0.1) is 6.61 Å². The number of aromatic nitrogens is 1. The second kappa shape index (κ2) is 7.44. The summed E-state index contributed by atoms with van der Waals surface area (Å²) in [5.41, 5.74) is 2.85. The zero-order valence-corrected chi connectivity index (χ0v) is 14.1. The largest absolute Gasteiger partial charge is 0.484 e. The van der Waals surface area contributed by atoms with Crippen molar-refractivity contribution in [3.05, 3.63) is 40.4 Å². The molecule has 3 rings (SSSR count). The van der Waals surface area contributed by atoms with E-state index in [9.17, 15) is 9.59 Å². The van der Waals surface area contributed by atoms with E-state index in [4.69, 9.17) is 9.47 Å². The minimum atomic E-state index is -0.497. The van der Waals surface area contributed by atoms with Crippen LogP contribution < -0.4 is 10.1 Å². The molecule has 6 nitrogen and oxygen atoms in total. The summed E-state index contributed by atoms with van der Waals surface area (Å²) in [5.74, 6) is -0.124. The molecule has 0 bridgehead atoms. The number of fused-ring (bicyclic) bond motifs is 1. The quantitative estimate of drug-likeness (QED) is 0.814. The molecule has 1 N–H and O–H groups in total. The maximum Gasteiger partial charge on any atom is 0.357 e. The van der Waals surface area contributed by atoms with E-state index < -0.39 is 5.97 Å². The van der Waals surface area contributed by atoms with Crippen molar-refractivity contribution >= 4 is 28.3 Å². The number of hydrogen-bond acceptors (Lipinski definition) is 6. The van der Waals surface area contributed by atoms with Gasteiger partial charge in [-0.15, -0.1) is 11.3 Å². The molecule has 24 heavy (non-hydrogen) atoms. The van der Waals surface area contributed by atoms with Gasteiger partial charge in [0.2, 0.25) is 0 Å². The standard InChI is InChI=1S/C17H18N2O4S/c1-2-22-16(21)14-10-24-17(18-14)19-15(20)9-23-13-7-6-11-4-3-5-12(11)8-13/h6-8,10H,2-5,9H2,1H3,(H,18,19,20). The molecule has 1 aromatic heterocycles. The summed E-state index contributed by atoms with van der Waals surface area (Å²) in [6.07, 6.45) is 3.35. The Hall–Kier alpha value is -2.41. The Labute approximate surface area is 143 Å². The lowest BCUT2D eigenvalue weighted by Crippen LogP contribution is -2.20. The summed E-state index contributed by atoms with van der Waals surface area (Å²) in [4.78, 5) is 27.5. The zero-order valence-electron chi connectivity index (χ0n) is 13.3. The third-order valence-corrected chi connectivity index (χ3v) is 4.43. The fraction of sp³-hybridized carbons (Fsp3) is 0.353. The number of amides is 1. The van der Waals surface area contributed by atoms with E-state index in [0.29, 0.717) is 10.9 Å². The van der Waals surface area contributed by atoms with Gasteiger partial charge in [-0.2, -0.15) is 0 Å². The van der Waals surface area contributed by atoms with Crippen molar-refractivity contribution in [3.8, 4) is 5.75 Å². The maximum absolute atomic E-state index is 11.9. The van der Waals surface area contributed by atoms with E-state index in [0.717, 1.165) is 12.8 Å². The van der Waals surface area contributed by atoms with Crippen LogP contribution in [0, 0.1) is 0 Å². The molecule has 0 radical (unpaired) electrons. The van der Waals surface area contributed by atoms with Gasteiger partial charge < -0.3 is 9.47 Å². The molecule has 0 unspecified atom stereocenters. The number of carbonyl (C=O) groups is 2. The van der Waals surface area contributed by atoms with Crippen LogP contribution in [-0.4, -0.2) is 30.1 Å². The SMILES string of the molecule is CCOC(=O)c1csc(NC(=O)COc2ccc3c(c2)CCC3)n1. The zero-order chi connectivity index (χ0) is 16.9. The van der Waals surface area contributed by atoms with Crippen molar-refractivity contribution in [1.82, 2.24) is 4.98 Å². The minimum absolute atomic E-state index is 0.104. The van der Waals surface area contributed by atoms with E-state index in [1.165, 1.54) is 28.9 Å². The van der Waals surface area contributed by atoms with E-state index in [2.05, 4.69) is 16.4 Å². The summed E-state index contributed by atoms with van der Waals surface area (Å²) in [6, 6.07) is 5.94. The lowest BCUT2D eigenvalue weighted by Gasteiger charge is -2.07. The van der Waals surface area contributed by atoms with Crippen LogP contribution in [0.5, 0.6) is 5.75 Å². The molecule has 1 heterocycles. The van der Waals surface area contributed by atoms with Crippen molar-refractivity contribution in [2.45, 2.75) is 26.2 Å². The number of hydrogen-bond donors (Lipinski definition) is 1. The summed E-state index contributed by atoms with van der Waals surface area (Å²) >= 11 is 1.17. The molecule has 0 spiro atoms. The van der Waals surface area contributed by atoms with Crippen molar-refractivity contribution in [3.63, 3.8) is 0 Å². The highest BCUT2D eigenvalue weighted by molar-refractivity contribution is 7.14. The fourth-order valence-corrected chi connectivity index (χ4v) is 3.27. The van der Waals surface area contributed by atoms with Crippen LogP contribution in [0.15, 0.2) is 23.6 Å². The van der Waals surface area contributed by atoms with Gasteiger partial charge in [-0.1, -0.05) is 6.07 Å². The summed E-state index contributed by atoms with van der Waals surface area (Å²) < 4.78 is 10.4. The van der Waals surface area contributed by atoms with Gasteiger partial charge >= 0.3 is 5.97 Å². The lowest BCUT2D eigenvalue weighted by molar-refractivity contribution is -0.118. The number of esters is 1. The predicted octanol–water partition coefficient (Wildman–Crippen LogP) is 2.83. The Morgan fingerprint density at radius 1 is 1.29 bits per heavy atom. The number of aryl methyl sites for hydroxylation is 2. The number of rotatable bonds is 6. The van der Waals surface area contributed by atoms with Crippen LogP contribution in [0.2, 0.25) is 0 Å². The highest BCUT2D eigenvalue weighted by Crippen LogP contribution is 2.26. The normalized spacial score (nSPS) is 12.5. The van der Waals surface area contributed by atoms with Gasteiger partial charge in [0, 0.05) is 5.38 Å². The van der Waals surface area contributed by atoms with E-state index in [1.807, 2.05) is 12.1 Å². The molecule has 2 aromatic rings. The first kappa shape index (κ1) is 16.4. The van der Waals surface area contributed by atoms with Crippen molar-refractivity contribution in [2.75, 3.05) is 18.5 Å². The smallest absolute Gasteiger partial charge is 0.357 e. The number of benzene rings is 1. The van der Waals surface area contributed by atoms with Crippen LogP contribution in [-0.2, 0) is 22.4 Å². The van der Waals surface area contributed by atoms with Crippen LogP contribution in [0.3, 0.4) is 0 Å². The Morgan fingerprint density at radius 3 is 2.96 bits per heavy atom. The Kier molecular flexibility index (Phi) is 5.10. The lowest BCUT2D eigenvalue weighted by atomic mass is 10.1. The molecular formula is C17H18N2O4S. The van der Waals surface area contributed by atoms with Crippen molar-refractivity contribution < 1.29 is 19.1 Å². The average molecular weight is 346 g/mol. The highest BCUT2D eigenvalue weighted by Gasteiger charge is 2.14. The fourth-order valence-electron chi connectivity index (χ4n) is 2.57. The molecule has 0 atom stereocenters. The third-order valence-electron chi connectivity index (χ3n) is 3.67. The molecular weight excluding hydrogens is 328 g/mol. The van der Waals surface area contributed by atoms with Gasteiger partial charge in [0.25, 0.3) is 5.91 Å². The van der Waals surface area contributed by atoms with Crippen LogP contribution in [0.4, 0.5) is 5.13 Å². The molecule has 0 saturated heterocycles. The van der Waals surface area contributed by atoms with E-state index in [1.54, 1.807) is 12.3 Å². The number of thiazole rings is 1. The molecule has 126 valence electrons. The number of nitrogens with one attached hydrogen (secondary N) is 1. The van der Waals surface area contributed by atoms with Crippen molar-refractivity contribution in [2.24, 2.45) is 0 Å². The third kappa shape index (κ3) is 3.91. The summed E-state index contributed by atoms with van der Waals surface area (Å²) in [7, 11) is 0. The second-order valence-corrected chi connectivity index (χ2v) is 6.24. The molecule has 1 aliphatic rings. The van der Waals surface area contributed by atoms with Gasteiger partial charge in [0.15, 0.2) is 17.4 Å². The average Bonchev–Trinajstić information content (AvgIpc) is 3.21. The monoisotopic (exact) mass is 346 g/mol. The van der Waals surface area contributed by atoms with Gasteiger partial charge in [-0.3, -0.25) is 10.1 Å². The number of carbonyl (C=O) groups excluding carboxylic acids is 2. The first-order valence-electron chi connectivity index (χ1n) is 7.83. The van der Waals surface area contributed by atoms with Crippen LogP contribution in [0.1, 0.15) is 35.0 Å². The second-order valence-electron chi connectivity index (χ2n) is 5.38. The molecule has 0 fully saturated rings. The maximum atomic E-state index is 11.9. The Bertz CT molecular complexity index is 757. The van der Waals surface area contributed by atoms with Gasteiger partial charge in [0.1, 0.15) is 5.75 Å². The molecule has 0 saturated carbocycles. The van der Waals surface area contributed by atoms with Crippen LogP contribution in [0.25, 0.3) is 0 Å². The van der Waals surface area contributed by atoms with Gasteiger partial charge in [-0.05, 0) is 49.4 Å². The molecule has 1 amide bonds. The first-order valence-corrected chi connectivity index (χ1v) is 8.71. The molecule has 1 aliphatic carbocycles. The van der Waals surface area contributed by atoms with Crippen molar-refractivity contribution in [1.29, 1.82) is 0 Å². The Morgan fingerprint density at radius 2 is 2.12 bits per heavy atom.